The van der Waals surface area contributed by atoms with Crippen molar-refractivity contribution in [1.29, 1.82) is 5.41 Å². The van der Waals surface area contributed by atoms with Gasteiger partial charge in [0.2, 0.25) is 5.82 Å². The summed E-state index contributed by atoms with van der Waals surface area (Å²) in [5.41, 5.74) is 5.34. The van der Waals surface area contributed by atoms with E-state index in [1.165, 1.54) is 28.9 Å². The van der Waals surface area contributed by atoms with Crippen LogP contribution in [0.15, 0.2) is 42.7 Å². The summed E-state index contributed by atoms with van der Waals surface area (Å²) in [6.07, 6.45) is -2.04. The molecule has 0 aliphatic rings. The molecule has 0 saturated heterocycles. The van der Waals surface area contributed by atoms with E-state index in [0.29, 0.717) is 41.0 Å². The number of nitrogens with zero attached hydrogens (tertiary/aromatic N) is 4. The summed E-state index contributed by atoms with van der Waals surface area (Å²) in [5.74, 6) is -0.785. The molecule has 180 valence electrons. The van der Waals surface area contributed by atoms with E-state index in [4.69, 9.17) is 11.1 Å². The molecule has 3 aromatic heterocycles. The summed E-state index contributed by atoms with van der Waals surface area (Å²) in [4.78, 5) is 25.3. The highest BCUT2D eigenvalue weighted by Gasteiger charge is 2.31. The summed E-state index contributed by atoms with van der Waals surface area (Å²) < 4.78 is 54.3. The molecular formula is C22H19F4N8O+. The van der Waals surface area contributed by atoms with Crippen molar-refractivity contribution in [1.82, 2.24) is 19.4 Å². The molecular weight excluding hydrogens is 468 g/mol. The van der Waals surface area contributed by atoms with Crippen LogP contribution in [0.3, 0.4) is 0 Å². The van der Waals surface area contributed by atoms with Gasteiger partial charge >= 0.3 is 6.18 Å². The lowest BCUT2D eigenvalue weighted by Crippen LogP contribution is -2.74. The van der Waals surface area contributed by atoms with Gasteiger partial charge in [0.15, 0.2) is 0 Å². The summed E-state index contributed by atoms with van der Waals surface area (Å²) in [5, 5.41) is 12.5. The largest absolute Gasteiger partial charge is 0.416 e. The van der Waals surface area contributed by atoms with E-state index < -0.39 is 29.2 Å². The van der Waals surface area contributed by atoms with E-state index in [1.54, 1.807) is 19.3 Å². The van der Waals surface area contributed by atoms with Crippen molar-refractivity contribution < 1.29 is 27.7 Å². The zero-order valence-corrected chi connectivity index (χ0v) is 18.4. The predicted molar refractivity (Wildman–Crippen MR) is 119 cm³/mol. The third-order valence-corrected chi connectivity index (χ3v) is 5.18. The number of aryl methyl sites for hydroxylation is 1. The highest BCUT2D eigenvalue weighted by Crippen LogP contribution is 2.32. The van der Waals surface area contributed by atoms with E-state index in [9.17, 15) is 22.4 Å². The second-order valence-corrected chi connectivity index (χ2v) is 7.51. The van der Waals surface area contributed by atoms with E-state index in [-0.39, 0.29) is 22.9 Å². The number of hydrogen-bond acceptors (Lipinski definition) is 6. The van der Waals surface area contributed by atoms with Crippen molar-refractivity contribution in [3.05, 3.63) is 76.8 Å². The second kappa shape index (κ2) is 8.76. The van der Waals surface area contributed by atoms with Gasteiger partial charge in [-0.15, -0.1) is 0 Å². The summed E-state index contributed by atoms with van der Waals surface area (Å²) >= 11 is 0. The number of anilines is 2. The predicted octanol–water partition coefficient (Wildman–Crippen LogP) is 2.67. The van der Waals surface area contributed by atoms with Crippen molar-refractivity contribution in [3.63, 3.8) is 0 Å². The van der Waals surface area contributed by atoms with Crippen molar-refractivity contribution in [2.24, 2.45) is 0 Å². The molecule has 6 N–H and O–H groups in total. The number of imidazole rings is 1. The fourth-order valence-electron chi connectivity index (χ4n) is 3.51. The summed E-state index contributed by atoms with van der Waals surface area (Å²) in [7, 11) is 1.76. The van der Waals surface area contributed by atoms with Gasteiger partial charge in [-0.3, -0.25) is 19.9 Å². The number of carbonyl (C=O) groups excluding carboxylic acids is 1. The first-order chi connectivity index (χ1) is 16.5. The van der Waals surface area contributed by atoms with Gasteiger partial charge in [-0.1, -0.05) is 0 Å². The number of nitrogen functional groups attached to an aromatic ring is 1. The van der Waals surface area contributed by atoms with E-state index in [2.05, 4.69) is 20.3 Å². The molecule has 0 fully saturated rings. The second-order valence-electron chi connectivity index (χ2n) is 7.51. The van der Waals surface area contributed by atoms with Gasteiger partial charge in [0.05, 0.1) is 30.2 Å². The number of nitrogens with two attached hydrogens (primary N) is 2. The molecule has 0 spiro atoms. The van der Waals surface area contributed by atoms with E-state index >= 15 is 0 Å². The van der Waals surface area contributed by atoms with Gasteiger partial charge in [0, 0.05) is 11.8 Å². The molecule has 0 saturated carbocycles. The highest BCUT2D eigenvalue weighted by molar-refractivity contribution is 6.15. The number of benzene rings is 1. The number of halogens is 4. The molecule has 9 nitrogen and oxygen atoms in total. The minimum atomic E-state index is -4.70. The molecule has 0 bridgehead atoms. The number of amides is 1. The maximum absolute atomic E-state index is 14.0. The Labute approximate surface area is 195 Å². The van der Waals surface area contributed by atoms with Crippen molar-refractivity contribution in [2.75, 3.05) is 18.1 Å². The molecule has 0 unspecified atom stereocenters. The lowest BCUT2D eigenvalue weighted by molar-refractivity contribution is -0.543. The molecule has 0 aliphatic heterocycles. The highest BCUT2D eigenvalue weighted by atomic mass is 19.4. The minimum Gasteiger partial charge on any atom is -0.383 e. The third-order valence-electron chi connectivity index (χ3n) is 5.18. The van der Waals surface area contributed by atoms with E-state index in [1.807, 2.05) is 0 Å². The van der Waals surface area contributed by atoms with Crippen LogP contribution in [-0.2, 0) is 6.18 Å². The molecule has 4 aromatic rings. The number of quaternary nitrogens is 1. The van der Waals surface area contributed by atoms with Crippen LogP contribution in [0.5, 0.6) is 0 Å². The molecule has 13 heteroatoms. The Hall–Kier alpha value is -4.39. The number of rotatable bonds is 5. The van der Waals surface area contributed by atoms with Crippen LogP contribution >= 0.6 is 0 Å². The molecule has 4 rings (SSSR count). The van der Waals surface area contributed by atoms with Crippen LogP contribution in [0.25, 0.3) is 5.65 Å². The van der Waals surface area contributed by atoms with Gasteiger partial charge in [-0.25, -0.2) is 14.4 Å². The Kier molecular flexibility index (Phi) is 5.94. The normalized spacial score (nSPS) is 11.6. The maximum Gasteiger partial charge on any atom is 0.416 e. The van der Waals surface area contributed by atoms with Crippen molar-refractivity contribution in [2.45, 2.75) is 13.1 Å². The first-order valence-corrected chi connectivity index (χ1v) is 10.2. The maximum atomic E-state index is 14.0. The molecule has 1 amide bonds. The third kappa shape index (κ3) is 4.53. The summed E-state index contributed by atoms with van der Waals surface area (Å²) in [6.45, 7) is 1.69. The zero-order valence-electron chi connectivity index (χ0n) is 18.4. The SMILES string of the molecule is C[NH2+]c1nc(C)nc(N)c1C(=N)c1ccn2c(C(=O)Nc3cc(C(F)(F)F)ccc3F)cnc2c1. The number of carbonyl (C=O) groups is 1. The van der Waals surface area contributed by atoms with Gasteiger partial charge in [0.25, 0.3) is 5.91 Å². The van der Waals surface area contributed by atoms with Gasteiger partial charge in [-0.05, 0) is 37.3 Å². The number of alkyl halides is 3. The molecule has 0 aliphatic carbocycles. The van der Waals surface area contributed by atoms with E-state index in [0.717, 1.165) is 0 Å². The van der Waals surface area contributed by atoms with Crippen molar-refractivity contribution in [3.8, 4) is 0 Å². The molecule has 3 heterocycles. The van der Waals surface area contributed by atoms with Crippen molar-refractivity contribution >= 4 is 34.6 Å². The number of hydrogen-bond donors (Lipinski definition) is 4. The van der Waals surface area contributed by atoms with Crippen LogP contribution in [0.1, 0.15) is 33.0 Å². The van der Waals surface area contributed by atoms with Crippen LogP contribution in [-0.4, -0.2) is 38.0 Å². The smallest absolute Gasteiger partial charge is 0.383 e. The lowest BCUT2D eigenvalue weighted by Gasteiger charge is -2.11. The standard InChI is InChI=1S/C22H18F4N8O/c1-10-31-19(28)17(20(29-2)32-10)18(27)11-5-6-34-15(9-30-16(34)7-11)21(35)33-14-8-12(22(24,25)26)3-4-13(14)23/h3-9,27H,1-2H3,(H,33,35)(H3,28,29,31,32)/p+1. The number of fused-ring (bicyclic) bond motifs is 1. The number of pyridine rings is 1. The zero-order chi connectivity index (χ0) is 25.5. The Morgan fingerprint density at radius 1 is 1.20 bits per heavy atom. The van der Waals surface area contributed by atoms with Crippen LogP contribution in [0.4, 0.5) is 34.9 Å². The Morgan fingerprint density at radius 3 is 2.63 bits per heavy atom. The van der Waals surface area contributed by atoms with Gasteiger partial charge < -0.3 is 11.1 Å². The number of nitrogens with one attached hydrogen (secondary N) is 2. The van der Waals surface area contributed by atoms with Crippen LogP contribution in [0, 0.1) is 18.2 Å². The fraction of sp³-hybridized carbons (Fsp3) is 0.136. The first kappa shape index (κ1) is 23.8. The Bertz CT molecular complexity index is 1480. The quantitative estimate of drug-likeness (QED) is 0.253. The molecule has 0 atom stereocenters. The molecule has 35 heavy (non-hydrogen) atoms. The average molecular weight is 487 g/mol. The van der Waals surface area contributed by atoms with Gasteiger partial charge in [-0.2, -0.15) is 18.2 Å². The molecule has 1 aromatic carbocycles. The first-order valence-electron chi connectivity index (χ1n) is 10.2. The number of aromatic nitrogens is 4. The topological polar surface area (TPSA) is 139 Å². The lowest BCUT2D eigenvalue weighted by atomic mass is 10.0. The average Bonchev–Trinajstić information content (AvgIpc) is 3.22. The van der Waals surface area contributed by atoms with Crippen LogP contribution < -0.4 is 16.4 Å². The Morgan fingerprint density at radius 2 is 1.94 bits per heavy atom. The monoisotopic (exact) mass is 487 g/mol. The minimum absolute atomic E-state index is 0.0399. The molecule has 0 radical (unpaired) electrons. The van der Waals surface area contributed by atoms with Crippen LogP contribution in [0.2, 0.25) is 0 Å². The fourth-order valence-corrected chi connectivity index (χ4v) is 3.51. The van der Waals surface area contributed by atoms with Gasteiger partial charge in [0.1, 0.15) is 34.4 Å². The summed E-state index contributed by atoms with van der Waals surface area (Å²) in [6, 6.07) is 4.81. The Balaban J connectivity index is 1.65.